The highest BCUT2D eigenvalue weighted by Gasteiger charge is 2.09. The molecular formula is C28H32NO2+. The van der Waals surface area contributed by atoms with E-state index in [1.54, 1.807) is 14.2 Å². The largest absolute Gasteiger partial charge is 0.496 e. The molecule has 0 saturated heterocycles. The lowest BCUT2D eigenvalue weighted by Gasteiger charge is -2.09. The zero-order chi connectivity index (χ0) is 22.5. The van der Waals surface area contributed by atoms with Crippen LogP contribution in [0.25, 0.3) is 24.3 Å². The predicted octanol–water partition coefficient (Wildman–Crippen LogP) is 6.10. The third-order valence-corrected chi connectivity index (χ3v) is 5.74. The van der Waals surface area contributed by atoms with Gasteiger partial charge in [-0.15, -0.1) is 0 Å². The van der Waals surface area contributed by atoms with Crippen LogP contribution in [0.5, 0.6) is 11.5 Å². The van der Waals surface area contributed by atoms with Gasteiger partial charge in [0.05, 0.1) is 14.2 Å². The van der Waals surface area contributed by atoms with Crippen molar-refractivity contribution in [1.29, 1.82) is 0 Å². The number of rotatable bonds is 6. The molecule has 0 saturated carbocycles. The van der Waals surface area contributed by atoms with Crippen molar-refractivity contribution in [1.82, 2.24) is 0 Å². The van der Waals surface area contributed by atoms with Gasteiger partial charge in [0.25, 0.3) is 0 Å². The maximum Gasteiger partial charge on any atom is 0.205 e. The van der Waals surface area contributed by atoms with E-state index in [9.17, 15) is 0 Å². The van der Waals surface area contributed by atoms with Gasteiger partial charge in [0.1, 0.15) is 18.5 Å². The first kappa shape index (κ1) is 22.4. The Labute approximate surface area is 186 Å². The van der Waals surface area contributed by atoms with Crippen molar-refractivity contribution in [2.24, 2.45) is 7.05 Å². The summed E-state index contributed by atoms with van der Waals surface area (Å²) in [5.74, 6) is 1.85. The molecule has 160 valence electrons. The van der Waals surface area contributed by atoms with Crippen molar-refractivity contribution in [2.45, 2.75) is 27.7 Å². The fourth-order valence-electron chi connectivity index (χ4n) is 3.73. The lowest BCUT2D eigenvalue weighted by molar-refractivity contribution is -0.675. The summed E-state index contributed by atoms with van der Waals surface area (Å²) in [5, 5.41) is 0. The van der Waals surface area contributed by atoms with E-state index in [4.69, 9.17) is 9.47 Å². The number of benzene rings is 2. The lowest BCUT2D eigenvalue weighted by Crippen LogP contribution is -2.35. The lowest BCUT2D eigenvalue weighted by atomic mass is 10.0. The van der Waals surface area contributed by atoms with Crippen molar-refractivity contribution < 1.29 is 14.0 Å². The molecule has 0 aliphatic rings. The monoisotopic (exact) mass is 414 g/mol. The fourth-order valence-corrected chi connectivity index (χ4v) is 3.73. The number of hydrogen-bond donors (Lipinski definition) is 0. The second-order valence-corrected chi connectivity index (χ2v) is 7.96. The minimum atomic E-state index is 0.927. The van der Waals surface area contributed by atoms with Crippen molar-refractivity contribution in [3.63, 3.8) is 0 Å². The first-order valence-corrected chi connectivity index (χ1v) is 10.5. The summed E-state index contributed by atoms with van der Waals surface area (Å²) in [7, 11) is 5.52. The quantitative estimate of drug-likeness (QED) is 0.455. The number of aromatic nitrogens is 1. The number of aryl methyl sites for hydroxylation is 4. The molecule has 1 heterocycles. The number of hydrogen-bond acceptors (Lipinski definition) is 2. The van der Waals surface area contributed by atoms with Crippen molar-refractivity contribution in [2.75, 3.05) is 14.2 Å². The summed E-state index contributed by atoms with van der Waals surface area (Å²) in [6.45, 7) is 8.37. The highest BCUT2D eigenvalue weighted by Crippen LogP contribution is 2.25. The van der Waals surface area contributed by atoms with E-state index in [2.05, 4.69) is 106 Å². The third kappa shape index (κ3) is 5.05. The van der Waals surface area contributed by atoms with Crippen LogP contribution in [0.1, 0.15) is 44.8 Å². The molecule has 0 aliphatic heterocycles. The highest BCUT2D eigenvalue weighted by atomic mass is 16.5. The molecule has 0 fully saturated rings. The van der Waals surface area contributed by atoms with Gasteiger partial charge in [-0.1, -0.05) is 0 Å². The SMILES string of the molecule is COc1cc(C)c(/C=C/c2cccc(/C=C/c3cc(C)c(OC)cc3C)[n+]2C)cc1C. The summed E-state index contributed by atoms with van der Waals surface area (Å²) in [4.78, 5) is 0. The van der Waals surface area contributed by atoms with Gasteiger partial charge in [0, 0.05) is 24.3 Å². The minimum absolute atomic E-state index is 0.927. The molecule has 2 aromatic carbocycles. The normalized spacial score (nSPS) is 11.5. The van der Waals surface area contributed by atoms with Crippen molar-refractivity contribution in [3.05, 3.63) is 87.2 Å². The summed E-state index contributed by atoms with van der Waals surface area (Å²) >= 11 is 0. The third-order valence-electron chi connectivity index (χ3n) is 5.74. The molecule has 0 unspecified atom stereocenters. The van der Waals surface area contributed by atoms with E-state index in [1.165, 1.54) is 22.3 Å². The van der Waals surface area contributed by atoms with Crippen molar-refractivity contribution >= 4 is 24.3 Å². The minimum Gasteiger partial charge on any atom is -0.496 e. The summed E-state index contributed by atoms with van der Waals surface area (Å²) < 4.78 is 13.1. The van der Waals surface area contributed by atoms with Gasteiger partial charge in [-0.3, -0.25) is 0 Å². The number of ether oxygens (including phenoxy) is 2. The van der Waals surface area contributed by atoms with Gasteiger partial charge < -0.3 is 9.47 Å². The van der Waals surface area contributed by atoms with Crippen molar-refractivity contribution in [3.8, 4) is 11.5 Å². The van der Waals surface area contributed by atoms with E-state index >= 15 is 0 Å². The first-order chi connectivity index (χ1) is 14.8. The second-order valence-electron chi connectivity index (χ2n) is 7.96. The van der Waals surface area contributed by atoms with Gasteiger partial charge in [-0.25, -0.2) is 0 Å². The van der Waals surface area contributed by atoms with Crippen LogP contribution in [0.2, 0.25) is 0 Å². The highest BCUT2D eigenvalue weighted by molar-refractivity contribution is 5.72. The molecule has 0 N–H and O–H groups in total. The van der Waals surface area contributed by atoms with E-state index in [0.717, 1.165) is 34.0 Å². The van der Waals surface area contributed by atoms with Gasteiger partial charge in [0.15, 0.2) is 0 Å². The first-order valence-electron chi connectivity index (χ1n) is 10.5. The van der Waals surface area contributed by atoms with Crippen LogP contribution in [-0.2, 0) is 7.05 Å². The van der Waals surface area contributed by atoms with Crippen LogP contribution in [-0.4, -0.2) is 14.2 Å². The van der Waals surface area contributed by atoms with E-state index < -0.39 is 0 Å². The van der Waals surface area contributed by atoms with Gasteiger partial charge >= 0.3 is 0 Å². The Hall–Kier alpha value is -3.33. The molecule has 3 aromatic rings. The van der Waals surface area contributed by atoms with E-state index in [0.29, 0.717) is 0 Å². The van der Waals surface area contributed by atoms with Gasteiger partial charge in [0.2, 0.25) is 11.4 Å². The van der Waals surface area contributed by atoms with Crippen LogP contribution < -0.4 is 14.0 Å². The molecule has 0 atom stereocenters. The molecule has 3 nitrogen and oxygen atoms in total. The van der Waals surface area contributed by atoms with Gasteiger partial charge in [-0.05, 0) is 104 Å². The average Bonchev–Trinajstić information content (AvgIpc) is 2.75. The molecule has 0 spiro atoms. The molecular weight excluding hydrogens is 382 g/mol. The Morgan fingerprint density at radius 1 is 0.613 bits per heavy atom. The fraction of sp³-hybridized carbons (Fsp3) is 0.250. The summed E-state index contributed by atoms with van der Waals surface area (Å²) in [5.41, 5.74) is 9.34. The molecule has 0 amide bonds. The maximum atomic E-state index is 5.43. The van der Waals surface area contributed by atoms with Crippen LogP contribution in [0, 0.1) is 27.7 Å². The van der Waals surface area contributed by atoms with E-state index in [-0.39, 0.29) is 0 Å². The Morgan fingerprint density at radius 2 is 1.03 bits per heavy atom. The van der Waals surface area contributed by atoms with Crippen LogP contribution >= 0.6 is 0 Å². The molecule has 31 heavy (non-hydrogen) atoms. The van der Waals surface area contributed by atoms with Crippen LogP contribution in [0.15, 0.2) is 42.5 Å². The Balaban J connectivity index is 1.89. The topological polar surface area (TPSA) is 22.3 Å². The number of pyridine rings is 1. The smallest absolute Gasteiger partial charge is 0.205 e. The van der Waals surface area contributed by atoms with Gasteiger partial charge in [-0.2, -0.15) is 4.57 Å². The molecule has 0 aliphatic carbocycles. The molecule has 0 radical (unpaired) electrons. The zero-order valence-electron chi connectivity index (χ0n) is 19.6. The Kier molecular flexibility index (Phi) is 6.96. The Bertz CT molecular complexity index is 1070. The van der Waals surface area contributed by atoms with E-state index in [1.807, 2.05) is 0 Å². The molecule has 0 bridgehead atoms. The maximum absolute atomic E-state index is 5.43. The Morgan fingerprint density at radius 3 is 1.42 bits per heavy atom. The molecule has 3 heteroatoms. The standard InChI is InChI=1S/C28H32NO2/c1-19-17-27(30-6)21(3)15-23(19)11-13-25-9-8-10-26(29(25)5)14-12-24-16-22(4)28(31-7)18-20(24)2/h8-18H,1-7H3/q+1/b13-11+,14-12+. The second kappa shape index (κ2) is 9.65. The van der Waals surface area contributed by atoms with Crippen LogP contribution in [0.4, 0.5) is 0 Å². The predicted molar refractivity (Wildman–Crippen MR) is 130 cm³/mol. The number of nitrogens with zero attached hydrogens (tertiary/aromatic N) is 1. The molecule has 1 aromatic heterocycles. The summed E-state index contributed by atoms with van der Waals surface area (Å²) in [6, 6.07) is 14.9. The number of methoxy groups -OCH3 is 2. The average molecular weight is 415 g/mol. The molecule has 3 rings (SSSR count). The zero-order valence-corrected chi connectivity index (χ0v) is 19.6. The summed E-state index contributed by atoms with van der Waals surface area (Å²) in [6.07, 6.45) is 8.66. The van der Waals surface area contributed by atoms with Crippen LogP contribution in [0.3, 0.4) is 0 Å².